The van der Waals surface area contributed by atoms with Crippen molar-refractivity contribution in [3.63, 3.8) is 0 Å². The van der Waals surface area contributed by atoms with Crippen molar-refractivity contribution >= 4 is 27.5 Å². The van der Waals surface area contributed by atoms with E-state index in [9.17, 15) is 18.0 Å². The van der Waals surface area contributed by atoms with Crippen molar-refractivity contribution in [3.8, 4) is 0 Å². The smallest absolute Gasteiger partial charge is 0.274 e. The lowest BCUT2D eigenvalue weighted by molar-refractivity contribution is 0.102. The van der Waals surface area contributed by atoms with Crippen molar-refractivity contribution in [1.82, 2.24) is 4.98 Å². The normalized spacial score (nSPS) is 10.3. The lowest BCUT2D eigenvalue weighted by Crippen LogP contribution is -2.15. The van der Waals surface area contributed by atoms with Gasteiger partial charge in [-0.3, -0.25) is 4.79 Å². The Morgan fingerprint density at radius 2 is 1.84 bits per heavy atom. The summed E-state index contributed by atoms with van der Waals surface area (Å²) in [5.41, 5.74) is -0.441. The summed E-state index contributed by atoms with van der Waals surface area (Å²) in [7, 11) is 0. The van der Waals surface area contributed by atoms with Crippen LogP contribution in [0.2, 0.25) is 0 Å². The van der Waals surface area contributed by atoms with E-state index < -0.39 is 29.0 Å². The highest BCUT2D eigenvalue weighted by Gasteiger charge is 2.16. The van der Waals surface area contributed by atoms with Crippen LogP contribution in [-0.4, -0.2) is 10.9 Å². The third-order valence-electron chi connectivity index (χ3n) is 2.23. The monoisotopic (exact) mass is 330 g/mol. The Morgan fingerprint density at radius 1 is 1.11 bits per heavy atom. The Morgan fingerprint density at radius 3 is 2.53 bits per heavy atom. The molecule has 1 amide bonds. The molecule has 0 radical (unpaired) electrons. The summed E-state index contributed by atoms with van der Waals surface area (Å²) >= 11 is 3.08. The van der Waals surface area contributed by atoms with Gasteiger partial charge in [0.1, 0.15) is 10.3 Å². The molecule has 0 saturated carbocycles. The second-order valence-electron chi connectivity index (χ2n) is 3.52. The first-order valence-corrected chi connectivity index (χ1v) is 5.85. The van der Waals surface area contributed by atoms with E-state index in [0.717, 1.165) is 12.1 Å². The minimum Gasteiger partial charge on any atom is -0.318 e. The van der Waals surface area contributed by atoms with Crippen LogP contribution >= 0.6 is 15.9 Å². The molecule has 2 rings (SSSR count). The summed E-state index contributed by atoms with van der Waals surface area (Å²) in [5, 5.41) is 2.12. The molecule has 0 saturated heterocycles. The first kappa shape index (κ1) is 13.5. The number of hydrogen-bond donors (Lipinski definition) is 1. The SMILES string of the molecule is O=C(Nc1ccc(F)c(F)c1F)c1cccc(Br)n1. The zero-order chi connectivity index (χ0) is 14.0. The third kappa shape index (κ3) is 2.93. The lowest BCUT2D eigenvalue weighted by atomic mass is 10.2. The first-order valence-electron chi connectivity index (χ1n) is 5.06. The molecule has 0 fully saturated rings. The summed E-state index contributed by atoms with van der Waals surface area (Å²) in [4.78, 5) is 15.6. The van der Waals surface area contributed by atoms with Crippen LogP contribution in [0.4, 0.5) is 18.9 Å². The van der Waals surface area contributed by atoms with E-state index in [1.807, 2.05) is 0 Å². The zero-order valence-electron chi connectivity index (χ0n) is 9.25. The number of halogens is 4. The number of rotatable bonds is 2. The predicted molar refractivity (Wildman–Crippen MR) is 66.2 cm³/mol. The van der Waals surface area contributed by atoms with Gasteiger partial charge < -0.3 is 5.32 Å². The zero-order valence-corrected chi connectivity index (χ0v) is 10.8. The number of pyridine rings is 1. The number of carbonyl (C=O) groups excluding carboxylic acids is 1. The van der Waals surface area contributed by atoms with Crippen molar-refractivity contribution in [2.45, 2.75) is 0 Å². The fourth-order valence-electron chi connectivity index (χ4n) is 1.34. The molecule has 0 spiro atoms. The van der Waals surface area contributed by atoms with Gasteiger partial charge in [-0.1, -0.05) is 6.07 Å². The van der Waals surface area contributed by atoms with Crippen LogP contribution < -0.4 is 5.32 Å². The van der Waals surface area contributed by atoms with Crippen molar-refractivity contribution in [1.29, 1.82) is 0 Å². The van der Waals surface area contributed by atoms with E-state index in [-0.39, 0.29) is 5.69 Å². The van der Waals surface area contributed by atoms with E-state index in [1.165, 1.54) is 6.07 Å². The van der Waals surface area contributed by atoms with Crippen molar-refractivity contribution in [2.24, 2.45) is 0 Å². The van der Waals surface area contributed by atoms with E-state index in [2.05, 4.69) is 26.2 Å². The average molecular weight is 331 g/mol. The molecule has 2 aromatic rings. The van der Waals surface area contributed by atoms with E-state index in [4.69, 9.17) is 0 Å². The highest BCUT2D eigenvalue weighted by Crippen LogP contribution is 2.20. The minimum atomic E-state index is -1.64. The van der Waals surface area contributed by atoms with Crippen LogP contribution in [-0.2, 0) is 0 Å². The Bertz CT molecular complexity index is 649. The molecule has 0 aliphatic rings. The maximum absolute atomic E-state index is 13.4. The van der Waals surface area contributed by atoms with E-state index in [1.54, 1.807) is 12.1 Å². The lowest BCUT2D eigenvalue weighted by Gasteiger charge is -2.07. The molecule has 0 atom stereocenters. The van der Waals surface area contributed by atoms with Gasteiger partial charge in [-0.2, -0.15) is 0 Å². The van der Waals surface area contributed by atoms with Gasteiger partial charge in [0.15, 0.2) is 17.5 Å². The fraction of sp³-hybridized carbons (Fsp3) is 0. The van der Waals surface area contributed by atoms with Crippen LogP contribution in [0.3, 0.4) is 0 Å². The van der Waals surface area contributed by atoms with Gasteiger partial charge >= 0.3 is 0 Å². The Labute approximate surface area is 114 Å². The number of benzene rings is 1. The third-order valence-corrected chi connectivity index (χ3v) is 2.67. The largest absolute Gasteiger partial charge is 0.318 e. The summed E-state index contributed by atoms with van der Waals surface area (Å²) in [6, 6.07) is 6.23. The number of amides is 1. The number of nitrogens with zero attached hydrogens (tertiary/aromatic N) is 1. The van der Waals surface area contributed by atoms with Gasteiger partial charge in [0.05, 0.1) is 5.69 Å². The Kier molecular flexibility index (Phi) is 3.84. The number of nitrogens with one attached hydrogen (secondary N) is 1. The highest BCUT2D eigenvalue weighted by atomic mass is 79.9. The number of aromatic nitrogens is 1. The Hall–Kier alpha value is -1.89. The fourth-order valence-corrected chi connectivity index (χ4v) is 1.69. The molecule has 98 valence electrons. The maximum atomic E-state index is 13.4. The predicted octanol–water partition coefficient (Wildman–Crippen LogP) is 3.51. The molecular weight excluding hydrogens is 325 g/mol. The summed E-state index contributed by atoms with van der Waals surface area (Å²) in [5.74, 6) is -5.15. The average Bonchev–Trinajstić information content (AvgIpc) is 2.39. The number of carbonyl (C=O) groups is 1. The second-order valence-corrected chi connectivity index (χ2v) is 4.34. The molecule has 1 N–H and O–H groups in total. The quantitative estimate of drug-likeness (QED) is 0.676. The molecule has 3 nitrogen and oxygen atoms in total. The number of hydrogen-bond acceptors (Lipinski definition) is 2. The first-order chi connectivity index (χ1) is 8.99. The molecule has 0 bridgehead atoms. The maximum Gasteiger partial charge on any atom is 0.274 e. The molecule has 1 aromatic heterocycles. The number of anilines is 1. The molecule has 7 heteroatoms. The van der Waals surface area contributed by atoms with Gasteiger partial charge in [0.2, 0.25) is 0 Å². The van der Waals surface area contributed by atoms with E-state index >= 15 is 0 Å². The van der Waals surface area contributed by atoms with Crippen LogP contribution in [0.25, 0.3) is 0 Å². The van der Waals surface area contributed by atoms with Crippen LogP contribution in [0, 0.1) is 17.5 Å². The van der Waals surface area contributed by atoms with Gasteiger partial charge in [0, 0.05) is 0 Å². The van der Waals surface area contributed by atoms with Crippen molar-refractivity contribution in [3.05, 3.63) is 58.1 Å². The molecule has 0 unspecified atom stereocenters. The summed E-state index contributed by atoms with van der Waals surface area (Å²) in [6.45, 7) is 0. The molecular formula is C12H6BrF3N2O. The topological polar surface area (TPSA) is 42.0 Å². The van der Waals surface area contributed by atoms with Crippen LogP contribution in [0.15, 0.2) is 34.9 Å². The molecule has 0 aliphatic heterocycles. The van der Waals surface area contributed by atoms with Gasteiger partial charge in [-0.15, -0.1) is 0 Å². The van der Waals surface area contributed by atoms with Gasteiger partial charge in [0.25, 0.3) is 5.91 Å². The minimum absolute atomic E-state index is 0.0125. The highest BCUT2D eigenvalue weighted by molar-refractivity contribution is 9.10. The van der Waals surface area contributed by atoms with Crippen molar-refractivity contribution in [2.75, 3.05) is 5.32 Å². The Balaban J connectivity index is 2.27. The van der Waals surface area contributed by atoms with Gasteiger partial charge in [-0.25, -0.2) is 18.2 Å². The molecule has 0 aliphatic carbocycles. The summed E-state index contributed by atoms with van der Waals surface area (Å²) in [6.07, 6.45) is 0. The standard InChI is InChI=1S/C12H6BrF3N2O/c13-9-3-1-2-8(17-9)12(19)18-7-5-4-6(14)10(15)11(7)16/h1-5H,(H,18,19). The van der Waals surface area contributed by atoms with Crippen molar-refractivity contribution < 1.29 is 18.0 Å². The second kappa shape index (κ2) is 5.40. The molecule has 19 heavy (non-hydrogen) atoms. The molecule has 1 aromatic carbocycles. The van der Waals surface area contributed by atoms with E-state index in [0.29, 0.717) is 4.60 Å². The molecule has 1 heterocycles. The summed E-state index contributed by atoms with van der Waals surface area (Å²) < 4.78 is 39.5. The van der Waals surface area contributed by atoms with Crippen LogP contribution in [0.5, 0.6) is 0 Å². The van der Waals surface area contributed by atoms with Gasteiger partial charge in [-0.05, 0) is 40.2 Å². The van der Waals surface area contributed by atoms with Crippen LogP contribution in [0.1, 0.15) is 10.5 Å².